The minimum absolute atomic E-state index is 0.0576. The van der Waals surface area contributed by atoms with E-state index < -0.39 is 6.10 Å². The minimum atomic E-state index is -0.448. The van der Waals surface area contributed by atoms with E-state index in [1.807, 2.05) is 0 Å². The Bertz CT molecular complexity index is 379. The summed E-state index contributed by atoms with van der Waals surface area (Å²) in [6.07, 6.45) is 0.0388. The summed E-state index contributed by atoms with van der Waals surface area (Å²) in [6.45, 7) is 2.03. The maximum atomic E-state index is 11.6. The zero-order valence-electron chi connectivity index (χ0n) is 8.90. The van der Waals surface area contributed by atoms with Crippen molar-refractivity contribution in [3.05, 3.63) is 28.2 Å². The third-order valence-corrected chi connectivity index (χ3v) is 2.54. The Hall–Kier alpha value is -1.07. The monoisotopic (exact) mass is 287 g/mol. The van der Waals surface area contributed by atoms with Gasteiger partial charge in [-0.15, -0.1) is 0 Å². The number of phenolic OH excluding ortho intramolecular Hbond substituents is 1. The molecule has 0 saturated carbocycles. The van der Waals surface area contributed by atoms with Crippen LogP contribution in [-0.4, -0.2) is 28.8 Å². The van der Waals surface area contributed by atoms with Crippen LogP contribution in [-0.2, 0) is 0 Å². The summed E-state index contributed by atoms with van der Waals surface area (Å²) in [4.78, 5) is 11.6. The maximum Gasteiger partial charge on any atom is 0.255 e. The van der Waals surface area contributed by atoms with Crippen molar-refractivity contribution in [1.82, 2.24) is 5.32 Å². The van der Waals surface area contributed by atoms with Crippen molar-refractivity contribution in [3.8, 4) is 5.75 Å². The molecule has 0 spiro atoms. The average molecular weight is 288 g/mol. The van der Waals surface area contributed by atoms with Crippen molar-refractivity contribution < 1.29 is 15.0 Å². The first-order valence-electron chi connectivity index (χ1n) is 4.95. The molecule has 0 fully saturated rings. The summed E-state index contributed by atoms with van der Waals surface area (Å²) in [5.74, 6) is -0.405. The predicted molar refractivity (Wildman–Crippen MR) is 64.4 cm³/mol. The molecule has 0 aliphatic rings. The van der Waals surface area contributed by atoms with Gasteiger partial charge in [0.25, 0.3) is 5.91 Å². The smallest absolute Gasteiger partial charge is 0.255 e. The van der Waals surface area contributed by atoms with Crippen LogP contribution in [0.1, 0.15) is 23.7 Å². The maximum absolute atomic E-state index is 11.6. The van der Waals surface area contributed by atoms with Gasteiger partial charge in [-0.05, 0) is 31.5 Å². The van der Waals surface area contributed by atoms with Crippen LogP contribution in [0.5, 0.6) is 5.75 Å². The number of aliphatic hydroxyl groups excluding tert-OH is 1. The molecule has 1 aromatic rings. The molecule has 1 aromatic carbocycles. The molecule has 0 saturated heterocycles. The summed E-state index contributed by atoms with van der Waals surface area (Å²) in [6, 6.07) is 4.66. The largest absolute Gasteiger partial charge is 0.507 e. The average Bonchev–Trinajstić information content (AvgIpc) is 2.21. The molecule has 1 atom stereocenters. The fraction of sp³-hybridized carbons (Fsp3) is 0.364. The number of phenols is 1. The Balaban J connectivity index is 2.62. The van der Waals surface area contributed by atoms with Crippen LogP contribution >= 0.6 is 15.9 Å². The molecular weight excluding hydrogens is 274 g/mol. The van der Waals surface area contributed by atoms with Gasteiger partial charge in [0.2, 0.25) is 0 Å². The van der Waals surface area contributed by atoms with Gasteiger partial charge in [0, 0.05) is 11.0 Å². The van der Waals surface area contributed by atoms with Gasteiger partial charge in [0.15, 0.2) is 0 Å². The fourth-order valence-electron chi connectivity index (χ4n) is 1.18. The van der Waals surface area contributed by atoms with Crippen LogP contribution in [0.2, 0.25) is 0 Å². The van der Waals surface area contributed by atoms with Gasteiger partial charge in [-0.1, -0.05) is 15.9 Å². The topological polar surface area (TPSA) is 69.6 Å². The van der Waals surface area contributed by atoms with E-state index in [1.54, 1.807) is 19.1 Å². The van der Waals surface area contributed by atoms with Gasteiger partial charge >= 0.3 is 0 Å². The Kier molecular flexibility index (Phi) is 4.76. The Morgan fingerprint density at radius 1 is 1.56 bits per heavy atom. The summed E-state index contributed by atoms with van der Waals surface area (Å²) in [5, 5.41) is 21.1. The molecule has 1 unspecified atom stereocenters. The Morgan fingerprint density at radius 3 is 2.88 bits per heavy atom. The van der Waals surface area contributed by atoms with Crippen molar-refractivity contribution in [3.63, 3.8) is 0 Å². The molecule has 3 N–H and O–H groups in total. The summed E-state index contributed by atoms with van der Waals surface area (Å²) in [5.41, 5.74) is 0.222. The summed E-state index contributed by atoms with van der Waals surface area (Å²) < 4.78 is 0.728. The van der Waals surface area contributed by atoms with Crippen molar-refractivity contribution in [2.24, 2.45) is 0 Å². The van der Waals surface area contributed by atoms with Crippen LogP contribution in [0.3, 0.4) is 0 Å². The van der Waals surface area contributed by atoms with E-state index in [9.17, 15) is 9.90 Å². The van der Waals surface area contributed by atoms with E-state index in [2.05, 4.69) is 21.2 Å². The highest BCUT2D eigenvalue weighted by atomic mass is 79.9. The third-order valence-electron chi connectivity index (χ3n) is 2.05. The first kappa shape index (κ1) is 13.0. The molecule has 88 valence electrons. The van der Waals surface area contributed by atoms with Crippen molar-refractivity contribution >= 4 is 21.8 Å². The number of carbonyl (C=O) groups excluding carboxylic acids is 1. The number of aliphatic hydroxyl groups is 1. The number of hydrogen-bond acceptors (Lipinski definition) is 3. The predicted octanol–water partition coefficient (Wildman–Crippen LogP) is 1.66. The van der Waals surface area contributed by atoms with Gasteiger partial charge in [-0.3, -0.25) is 4.79 Å². The first-order chi connectivity index (χ1) is 7.50. The molecule has 1 amide bonds. The number of carbonyl (C=O) groups is 1. The van der Waals surface area contributed by atoms with E-state index in [4.69, 9.17) is 5.11 Å². The van der Waals surface area contributed by atoms with Gasteiger partial charge in [-0.25, -0.2) is 0 Å². The van der Waals surface area contributed by atoms with E-state index in [-0.39, 0.29) is 17.2 Å². The number of nitrogens with one attached hydrogen (secondary N) is 1. The second kappa shape index (κ2) is 5.86. The highest BCUT2D eigenvalue weighted by molar-refractivity contribution is 9.10. The van der Waals surface area contributed by atoms with Crippen LogP contribution in [0.15, 0.2) is 22.7 Å². The van der Waals surface area contributed by atoms with E-state index in [1.165, 1.54) is 6.07 Å². The molecule has 5 heteroatoms. The molecule has 0 aromatic heterocycles. The molecule has 1 rings (SSSR count). The fourth-order valence-corrected chi connectivity index (χ4v) is 1.54. The third kappa shape index (κ3) is 3.83. The summed E-state index contributed by atoms with van der Waals surface area (Å²) >= 11 is 3.22. The molecule has 0 radical (unpaired) electrons. The van der Waals surface area contributed by atoms with Gasteiger partial charge in [-0.2, -0.15) is 0 Å². The quantitative estimate of drug-likeness (QED) is 0.789. The zero-order chi connectivity index (χ0) is 12.1. The van der Waals surface area contributed by atoms with Crippen molar-refractivity contribution in [2.75, 3.05) is 6.54 Å². The molecule has 0 aliphatic heterocycles. The van der Waals surface area contributed by atoms with Gasteiger partial charge in [0.05, 0.1) is 11.7 Å². The Morgan fingerprint density at radius 2 is 2.25 bits per heavy atom. The molecule has 0 heterocycles. The molecule has 0 bridgehead atoms. The first-order valence-corrected chi connectivity index (χ1v) is 5.75. The lowest BCUT2D eigenvalue weighted by molar-refractivity contribution is 0.0943. The van der Waals surface area contributed by atoms with Crippen molar-refractivity contribution in [2.45, 2.75) is 19.4 Å². The molecule has 16 heavy (non-hydrogen) atoms. The number of halogens is 1. The molecular formula is C11H14BrNO3. The lowest BCUT2D eigenvalue weighted by atomic mass is 10.2. The zero-order valence-corrected chi connectivity index (χ0v) is 10.5. The van der Waals surface area contributed by atoms with Crippen LogP contribution in [0, 0.1) is 0 Å². The lowest BCUT2D eigenvalue weighted by Crippen LogP contribution is -2.26. The van der Waals surface area contributed by atoms with E-state index in [0.29, 0.717) is 13.0 Å². The summed E-state index contributed by atoms with van der Waals surface area (Å²) in [7, 11) is 0. The van der Waals surface area contributed by atoms with Crippen LogP contribution in [0.25, 0.3) is 0 Å². The van der Waals surface area contributed by atoms with E-state index in [0.717, 1.165) is 4.47 Å². The van der Waals surface area contributed by atoms with Gasteiger partial charge < -0.3 is 15.5 Å². The standard InChI is InChI=1S/C11H14BrNO3/c1-7(14)4-5-13-11(16)9-6-8(12)2-3-10(9)15/h2-3,6-7,14-15H,4-5H2,1H3,(H,13,16). The van der Waals surface area contributed by atoms with Gasteiger partial charge in [0.1, 0.15) is 5.75 Å². The molecule has 4 nitrogen and oxygen atoms in total. The number of aromatic hydroxyl groups is 1. The Labute approximate surface area is 102 Å². The second-order valence-electron chi connectivity index (χ2n) is 3.56. The number of hydrogen-bond donors (Lipinski definition) is 3. The lowest BCUT2D eigenvalue weighted by Gasteiger charge is -2.08. The minimum Gasteiger partial charge on any atom is -0.507 e. The highest BCUT2D eigenvalue weighted by Crippen LogP contribution is 2.21. The number of amides is 1. The molecule has 0 aliphatic carbocycles. The number of rotatable bonds is 4. The van der Waals surface area contributed by atoms with Crippen molar-refractivity contribution in [1.29, 1.82) is 0 Å². The van der Waals surface area contributed by atoms with Crippen LogP contribution < -0.4 is 5.32 Å². The highest BCUT2D eigenvalue weighted by Gasteiger charge is 2.11. The SMILES string of the molecule is CC(O)CCNC(=O)c1cc(Br)ccc1O. The second-order valence-corrected chi connectivity index (χ2v) is 4.47. The normalized spacial score (nSPS) is 12.2. The van der Waals surface area contributed by atoms with E-state index >= 15 is 0 Å². The number of benzene rings is 1. The van der Waals surface area contributed by atoms with Crippen LogP contribution in [0.4, 0.5) is 0 Å².